The Labute approximate surface area is 121 Å². The fourth-order valence-electron chi connectivity index (χ4n) is 1.87. The minimum Gasteiger partial charge on any atom is -0.480 e. The number of sulfone groups is 1. The second-order valence-corrected chi connectivity index (χ2v) is 6.76. The highest BCUT2D eigenvalue weighted by Crippen LogP contribution is 2.24. The van der Waals surface area contributed by atoms with Gasteiger partial charge in [-0.2, -0.15) is 8.78 Å². The number of nitrogens with one attached hydrogen (secondary N) is 1. The maximum Gasteiger partial charge on any atom is 0.341 e. The Bertz CT molecular complexity index is 601. The zero-order valence-electron chi connectivity index (χ0n) is 11.6. The molecule has 0 aliphatic carbocycles. The molecule has 0 fully saturated rings. The molecule has 0 spiro atoms. The van der Waals surface area contributed by atoms with Crippen molar-refractivity contribution in [1.29, 1.82) is 0 Å². The second-order valence-electron chi connectivity index (χ2n) is 4.84. The molecular formula is C13H17F2NO4S. The zero-order valence-corrected chi connectivity index (χ0v) is 12.5. The Morgan fingerprint density at radius 3 is 2.24 bits per heavy atom. The van der Waals surface area contributed by atoms with Gasteiger partial charge in [0.25, 0.3) is 0 Å². The number of hydrogen-bond donors (Lipinski definition) is 2. The van der Waals surface area contributed by atoms with Crippen LogP contribution in [0.4, 0.5) is 14.5 Å². The van der Waals surface area contributed by atoms with Gasteiger partial charge in [0.1, 0.15) is 5.54 Å². The van der Waals surface area contributed by atoms with Gasteiger partial charge in [-0.1, -0.05) is 13.3 Å². The van der Waals surface area contributed by atoms with Gasteiger partial charge in [0.2, 0.25) is 9.84 Å². The number of carboxylic acid groups (broad SMARTS) is 1. The van der Waals surface area contributed by atoms with Crippen molar-refractivity contribution in [3.8, 4) is 0 Å². The maximum atomic E-state index is 12.4. The fourth-order valence-corrected chi connectivity index (χ4v) is 2.59. The molecule has 1 unspecified atom stereocenters. The molecule has 8 heteroatoms. The van der Waals surface area contributed by atoms with Crippen molar-refractivity contribution < 1.29 is 27.1 Å². The Balaban J connectivity index is 3.01. The second kappa shape index (κ2) is 6.38. The van der Waals surface area contributed by atoms with Crippen molar-refractivity contribution in [1.82, 2.24) is 0 Å². The predicted molar refractivity (Wildman–Crippen MR) is 74.2 cm³/mol. The summed E-state index contributed by atoms with van der Waals surface area (Å²) in [5.74, 6) is -4.53. The minimum absolute atomic E-state index is 0.349. The van der Waals surface area contributed by atoms with Gasteiger partial charge < -0.3 is 10.4 Å². The number of carboxylic acids is 1. The van der Waals surface area contributed by atoms with E-state index in [1.54, 1.807) is 0 Å². The molecule has 0 bridgehead atoms. The lowest BCUT2D eigenvalue weighted by Gasteiger charge is -2.27. The first-order chi connectivity index (χ1) is 9.63. The molecule has 0 saturated heterocycles. The highest BCUT2D eigenvalue weighted by Gasteiger charge is 2.32. The lowest BCUT2D eigenvalue weighted by molar-refractivity contribution is -0.141. The molecule has 0 saturated carbocycles. The van der Waals surface area contributed by atoms with Crippen molar-refractivity contribution in [2.24, 2.45) is 0 Å². The van der Waals surface area contributed by atoms with E-state index in [0.29, 0.717) is 18.5 Å². The van der Waals surface area contributed by atoms with Crippen LogP contribution in [0.1, 0.15) is 26.7 Å². The molecular weight excluding hydrogens is 304 g/mol. The number of benzene rings is 1. The average Bonchev–Trinajstić information content (AvgIpc) is 2.39. The van der Waals surface area contributed by atoms with Gasteiger partial charge in [0.15, 0.2) is 0 Å². The maximum absolute atomic E-state index is 12.4. The van der Waals surface area contributed by atoms with Gasteiger partial charge in [-0.15, -0.1) is 0 Å². The first-order valence-corrected chi connectivity index (χ1v) is 7.82. The van der Waals surface area contributed by atoms with Crippen LogP contribution in [0.25, 0.3) is 0 Å². The third kappa shape index (κ3) is 3.90. The van der Waals surface area contributed by atoms with Gasteiger partial charge in [0, 0.05) is 5.69 Å². The van der Waals surface area contributed by atoms with Crippen molar-refractivity contribution in [2.45, 2.75) is 42.9 Å². The lowest BCUT2D eigenvalue weighted by atomic mass is 9.96. The van der Waals surface area contributed by atoms with E-state index in [1.165, 1.54) is 19.1 Å². The number of aliphatic carboxylic acids is 1. The third-order valence-corrected chi connectivity index (χ3v) is 4.46. The van der Waals surface area contributed by atoms with Crippen LogP contribution in [0.5, 0.6) is 0 Å². The topological polar surface area (TPSA) is 83.5 Å². The summed E-state index contributed by atoms with van der Waals surface area (Å²) in [4.78, 5) is 10.8. The van der Waals surface area contributed by atoms with Gasteiger partial charge >= 0.3 is 11.7 Å². The Kier molecular flexibility index (Phi) is 5.27. The van der Waals surface area contributed by atoms with Crippen LogP contribution < -0.4 is 5.32 Å². The molecule has 0 aliphatic heterocycles. The molecule has 0 aliphatic rings. The molecule has 5 nitrogen and oxygen atoms in total. The smallest absolute Gasteiger partial charge is 0.341 e. The number of hydrogen-bond acceptors (Lipinski definition) is 4. The minimum atomic E-state index is -4.64. The van der Waals surface area contributed by atoms with E-state index in [4.69, 9.17) is 0 Å². The van der Waals surface area contributed by atoms with Crippen LogP contribution in [-0.4, -0.2) is 30.8 Å². The van der Waals surface area contributed by atoms with E-state index in [0.717, 1.165) is 12.1 Å². The van der Waals surface area contributed by atoms with Crippen molar-refractivity contribution in [3.05, 3.63) is 24.3 Å². The third-order valence-electron chi connectivity index (χ3n) is 3.06. The summed E-state index contributed by atoms with van der Waals surface area (Å²) in [6.07, 6.45) is 0.993. The molecule has 1 atom stereocenters. The van der Waals surface area contributed by atoms with Gasteiger partial charge in [0.05, 0.1) is 4.90 Å². The van der Waals surface area contributed by atoms with E-state index >= 15 is 0 Å². The Morgan fingerprint density at radius 1 is 1.33 bits per heavy atom. The van der Waals surface area contributed by atoms with Crippen LogP contribution in [0.15, 0.2) is 29.2 Å². The Hall–Kier alpha value is -1.70. The first kappa shape index (κ1) is 17.4. The summed E-state index contributed by atoms with van der Waals surface area (Å²) in [6, 6.07) is 4.59. The summed E-state index contributed by atoms with van der Waals surface area (Å²) in [7, 11) is -4.64. The summed E-state index contributed by atoms with van der Waals surface area (Å²) < 4.78 is 47.3. The molecule has 0 radical (unpaired) electrons. The molecule has 0 amide bonds. The van der Waals surface area contributed by atoms with E-state index < -0.39 is 32.0 Å². The fraction of sp³-hybridized carbons (Fsp3) is 0.462. The van der Waals surface area contributed by atoms with Gasteiger partial charge in [-0.3, -0.25) is 0 Å². The molecule has 118 valence electrons. The van der Waals surface area contributed by atoms with E-state index in [-0.39, 0.29) is 0 Å². The standard InChI is InChI=1S/C13H17F2NO4S/c1-3-8-13(2,11(17)18)16-9-4-6-10(7-5-9)21(19,20)12(14)15/h4-7,12,16H,3,8H2,1-2H3,(H,17,18). The SMILES string of the molecule is CCCC(C)(Nc1ccc(S(=O)(=O)C(F)F)cc1)C(=O)O. The van der Waals surface area contributed by atoms with E-state index in [1.807, 2.05) is 6.92 Å². The summed E-state index contributed by atoms with van der Waals surface area (Å²) in [5.41, 5.74) is -0.862. The molecule has 1 aromatic rings. The van der Waals surface area contributed by atoms with Crippen molar-refractivity contribution in [3.63, 3.8) is 0 Å². The number of alkyl halides is 2. The molecule has 0 aromatic heterocycles. The summed E-state index contributed by atoms with van der Waals surface area (Å²) >= 11 is 0. The normalized spacial score (nSPS) is 14.7. The molecule has 2 N–H and O–H groups in total. The summed E-state index contributed by atoms with van der Waals surface area (Å²) in [6.45, 7) is 3.34. The van der Waals surface area contributed by atoms with Crippen LogP contribution >= 0.6 is 0 Å². The van der Waals surface area contributed by atoms with Crippen LogP contribution in [0, 0.1) is 0 Å². The quantitative estimate of drug-likeness (QED) is 0.807. The largest absolute Gasteiger partial charge is 0.480 e. The van der Waals surface area contributed by atoms with Crippen LogP contribution in [0.2, 0.25) is 0 Å². The number of halogens is 2. The first-order valence-electron chi connectivity index (χ1n) is 6.27. The van der Waals surface area contributed by atoms with Gasteiger partial charge in [-0.25, -0.2) is 13.2 Å². The molecule has 1 aromatic carbocycles. The number of carbonyl (C=O) groups is 1. The zero-order chi connectivity index (χ0) is 16.3. The van der Waals surface area contributed by atoms with Crippen LogP contribution in [-0.2, 0) is 14.6 Å². The molecule has 1 rings (SSSR count). The number of rotatable bonds is 7. The van der Waals surface area contributed by atoms with Gasteiger partial charge in [-0.05, 0) is 37.6 Å². The predicted octanol–water partition coefficient (Wildman–Crippen LogP) is 2.74. The number of anilines is 1. The lowest BCUT2D eigenvalue weighted by Crippen LogP contribution is -2.43. The van der Waals surface area contributed by atoms with Crippen LogP contribution in [0.3, 0.4) is 0 Å². The highest BCUT2D eigenvalue weighted by atomic mass is 32.2. The molecule has 21 heavy (non-hydrogen) atoms. The Morgan fingerprint density at radius 2 is 1.86 bits per heavy atom. The summed E-state index contributed by atoms with van der Waals surface area (Å²) in [5, 5.41) is 12.0. The van der Waals surface area contributed by atoms with Crippen molar-refractivity contribution in [2.75, 3.05) is 5.32 Å². The van der Waals surface area contributed by atoms with E-state index in [2.05, 4.69) is 5.32 Å². The highest BCUT2D eigenvalue weighted by molar-refractivity contribution is 7.91. The molecule has 0 heterocycles. The monoisotopic (exact) mass is 321 g/mol. The average molecular weight is 321 g/mol. The van der Waals surface area contributed by atoms with Crippen molar-refractivity contribution >= 4 is 21.5 Å². The van der Waals surface area contributed by atoms with E-state index in [9.17, 15) is 27.1 Å².